The summed E-state index contributed by atoms with van der Waals surface area (Å²) in [5, 5.41) is 17.8. The van der Waals surface area contributed by atoms with Gasteiger partial charge in [0.1, 0.15) is 10.6 Å². The molecule has 2 aromatic rings. The molecule has 0 amide bonds. The average Bonchev–Trinajstić information content (AvgIpc) is 2.42. The molecule has 0 aliphatic rings. The maximum Gasteiger partial charge on any atom is 0.263 e. The highest BCUT2D eigenvalue weighted by molar-refractivity contribution is 7.92. The molecule has 2 aromatic carbocycles. The van der Waals surface area contributed by atoms with Gasteiger partial charge in [-0.2, -0.15) is 5.26 Å². The van der Waals surface area contributed by atoms with Crippen molar-refractivity contribution in [2.75, 3.05) is 4.72 Å². The average molecular weight is 327 g/mol. The Hall–Kier alpha value is -2.30. The number of hydrogen-bond acceptors (Lipinski definition) is 4. The molecule has 21 heavy (non-hydrogen) atoms. The zero-order valence-electron chi connectivity index (χ0n) is 10.3. The van der Waals surface area contributed by atoms with Crippen LogP contribution in [0.4, 0.5) is 10.1 Å². The summed E-state index contributed by atoms with van der Waals surface area (Å²) in [5.41, 5.74) is -0.239. The van der Waals surface area contributed by atoms with Crippen molar-refractivity contribution in [2.45, 2.75) is 4.90 Å². The topological polar surface area (TPSA) is 90.2 Å². The minimum atomic E-state index is -4.17. The molecule has 0 aliphatic carbocycles. The van der Waals surface area contributed by atoms with Crippen molar-refractivity contribution < 1.29 is 17.9 Å². The van der Waals surface area contributed by atoms with Crippen molar-refractivity contribution in [1.29, 1.82) is 5.26 Å². The van der Waals surface area contributed by atoms with Gasteiger partial charge in [0.2, 0.25) is 0 Å². The summed E-state index contributed by atoms with van der Waals surface area (Å²) in [6, 6.07) is 8.48. The number of halogens is 2. The Morgan fingerprint density at radius 1 is 1.24 bits per heavy atom. The molecule has 0 fully saturated rings. The number of benzene rings is 2. The van der Waals surface area contributed by atoms with Gasteiger partial charge in [0.25, 0.3) is 10.0 Å². The number of hydrogen-bond donors (Lipinski definition) is 2. The van der Waals surface area contributed by atoms with Gasteiger partial charge in [-0.05, 0) is 30.3 Å². The Labute approximate surface area is 125 Å². The molecule has 5 nitrogen and oxygen atoms in total. The predicted octanol–water partition coefficient (Wildman–Crippen LogP) is 2.86. The largest absolute Gasteiger partial charge is 0.508 e. The summed E-state index contributed by atoms with van der Waals surface area (Å²) in [5.74, 6) is -1.27. The molecule has 0 aromatic heterocycles. The smallest absolute Gasteiger partial charge is 0.263 e. The fourth-order valence-electron chi connectivity index (χ4n) is 1.57. The second kappa shape index (κ2) is 5.60. The van der Waals surface area contributed by atoms with Crippen molar-refractivity contribution in [3.05, 3.63) is 52.8 Å². The quantitative estimate of drug-likeness (QED) is 0.849. The van der Waals surface area contributed by atoms with Crippen LogP contribution in [0.3, 0.4) is 0 Å². The fraction of sp³-hybridized carbons (Fsp3) is 0. The molecule has 0 atom stereocenters. The van der Waals surface area contributed by atoms with Gasteiger partial charge in [-0.25, -0.2) is 12.8 Å². The van der Waals surface area contributed by atoms with E-state index in [-0.39, 0.29) is 26.9 Å². The third-order valence-electron chi connectivity index (χ3n) is 2.55. The van der Waals surface area contributed by atoms with Crippen molar-refractivity contribution in [2.24, 2.45) is 0 Å². The molecular formula is C13H8ClFN2O3S. The highest BCUT2D eigenvalue weighted by Crippen LogP contribution is 2.27. The number of rotatable bonds is 3. The number of nitriles is 1. The zero-order valence-corrected chi connectivity index (χ0v) is 11.9. The van der Waals surface area contributed by atoms with E-state index >= 15 is 0 Å². The van der Waals surface area contributed by atoms with Crippen molar-refractivity contribution in [3.8, 4) is 11.8 Å². The van der Waals surface area contributed by atoms with Crippen LogP contribution in [0.1, 0.15) is 5.56 Å². The number of nitrogens with zero attached hydrogens (tertiary/aromatic N) is 1. The van der Waals surface area contributed by atoms with Crippen LogP contribution in [-0.2, 0) is 10.0 Å². The van der Waals surface area contributed by atoms with Gasteiger partial charge in [0.15, 0.2) is 5.82 Å². The summed E-state index contributed by atoms with van der Waals surface area (Å²) in [6.07, 6.45) is 0. The van der Waals surface area contributed by atoms with E-state index in [0.717, 1.165) is 24.3 Å². The van der Waals surface area contributed by atoms with E-state index in [1.807, 2.05) is 4.72 Å². The Balaban J connectivity index is 2.46. The normalized spacial score (nSPS) is 10.9. The summed E-state index contributed by atoms with van der Waals surface area (Å²) >= 11 is 5.81. The molecule has 0 radical (unpaired) electrons. The summed E-state index contributed by atoms with van der Waals surface area (Å²) in [7, 11) is -4.17. The third kappa shape index (κ3) is 3.24. The third-order valence-corrected chi connectivity index (χ3v) is 4.39. The van der Waals surface area contributed by atoms with Crippen LogP contribution in [0, 0.1) is 17.1 Å². The van der Waals surface area contributed by atoms with Gasteiger partial charge in [-0.3, -0.25) is 4.72 Å². The first-order chi connectivity index (χ1) is 9.83. The maximum absolute atomic E-state index is 13.6. The lowest BCUT2D eigenvalue weighted by Crippen LogP contribution is -2.14. The lowest BCUT2D eigenvalue weighted by molar-refractivity contribution is 0.469. The van der Waals surface area contributed by atoms with Gasteiger partial charge in [0.05, 0.1) is 22.3 Å². The van der Waals surface area contributed by atoms with Crippen LogP contribution in [-0.4, -0.2) is 13.5 Å². The van der Waals surface area contributed by atoms with Crippen LogP contribution in [0.5, 0.6) is 5.75 Å². The van der Waals surface area contributed by atoms with Gasteiger partial charge in [-0.15, -0.1) is 0 Å². The number of aromatic hydroxyl groups is 1. The second-order valence-corrected chi connectivity index (χ2v) is 6.08. The Morgan fingerprint density at radius 3 is 2.57 bits per heavy atom. The lowest BCUT2D eigenvalue weighted by atomic mass is 10.2. The van der Waals surface area contributed by atoms with Crippen LogP contribution in [0.25, 0.3) is 0 Å². The number of anilines is 1. The van der Waals surface area contributed by atoms with Gasteiger partial charge in [-0.1, -0.05) is 11.6 Å². The molecule has 0 saturated carbocycles. The van der Waals surface area contributed by atoms with Crippen LogP contribution >= 0.6 is 11.6 Å². The van der Waals surface area contributed by atoms with E-state index in [2.05, 4.69) is 0 Å². The highest BCUT2D eigenvalue weighted by Gasteiger charge is 2.20. The number of sulfonamides is 1. The molecular weight excluding hydrogens is 319 g/mol. The van der Waals surface area contributed by atoms with Crippen molar-refractivity contribution >= 4 is 27.3 Å². The zero-order chi connectivity index (χ0) is 15.6. The number of phenolic OH excluding ortho intramolecular Hbond substituents is 1. The van der Waals surface area contributed by atoms with E-state index in [9.17, 15) is 12.8 Å². The van der Waals surface area contributed by atoms with Crippen LogP contribution in [0.2, 0.25) is 5.02 Å². The molecule has 0 bridgehead atoms. The van der Waals surface area contributed by atoms with Gasteiger partial charge >= 0.3 is 0 Å². The molecule has 0 saturated heterocycles. The van der Waals surface area contributed by atoms with Gasteiger partial charge in [0, 0.05) is 6.07 Å². The SMILES string of the molecule is N#Cc1ccc(Cl)c(S(=O)(=O)Nc2ccc(O)cc2F)c1. The maximum atomic E-state index is 13.6. The van der Waals surface area contributed by atoms with E-state index in [1.165, 1.54) is 12.1 Å². The number of phenols is 1. The van der Waals surface area contributed by atoms with Crippen molar-refractivity contribution in [1.82, 2.24) is 0 Å². The van der Waals surface area contributed by atoms with E-state index in [4.69, 9.17) is 22.0 Å². The standard InChI is InChI=1S/C13H8ClFN2O3S/c14-10-3-1-8(7-16)5-13(10)21(19,20)17-12-4-2-9(18)6-11(12)15/h1-6,17-18H. The molecule has 0 heterocycles. The molecule has 0 aliphatic heterocycles. The highest BCUT2D eigenvalue weighted by atomic mass is 35.5. The molecule has 108 valence electrons. The minimum Gasteiger partial charge on any atom is -0.508 e. The lowest BCUT2D eigenvalue weighted by Gasteiger charge is -2.10. The molecule has 0 spiro atoms. The first-order valence-corrected chi connectivity index (χ1v) is 7.40. The van der Waals surface area contributed by atoms with Crippen LogP contribution < -0.4 is 4.72 Å². The first kappa shape index (κ1) is 15.1. The molecule has 8 heteroatoms. The van der Waals surface area contributed by atoms with E-state index in [0.29, 0.717) is 0 Å². The Bertz CT molecular complexity index is 847. The summed E-state index contributed by atoms with van der Waals surface area (Å²) in [6.45, 7) is 0. The summed E-state index contributed by atoms with van der Waals surface area (Å²) in [4.78, 5) is -0.337. The van der Waals surface area contributed by atoms with Gasteiger partial charge < -0.3 is 5.11 Å². The predicted molar refractivity (Wildman–Crippen MR) is 75.0 cm³/mol. The molecule has 2 N–H and O–H groups in total. The van der Waals surface area contributed by atoms with Crippen LogP contribution in [0.15, 0.2) is 41.3 Å². The second-order valence-electron chi connectivity index (χ2n) is 4.03. The van der Waals surface area contributed by atoms with E-state index < -0.39 is 15.8 Å². The number of nitrogens with one attached hydrogen (secondary N) is 1. The Morgan fingerprint density at radius 2 is 1.95 bits per heavy atom. The first-order valence-electron chi connectivity index (χ1n) is 5.54. The van der Waals surface area contributed by atoms with E-state index in [1.54, 1.807) is 6.07 Å². The fourth-order valence-corrected chi connectivity index (χ4v) is 3.16. The summed E-state index contributed by atoms with van der Waals surface area (Å²) < 4.78 is 40.0. The molecule has 0 unspecified atom stereocenters. The minimum absolute atomic E-state index is 0.0966. The van der Waals surface area contributed by atoms with Crippen molar-refractivity contribution in [3.63, 3.8) is 0 Å². The molecule has 2 rings (SSSR count). The monoisotopic (exact) mass is 326 g/mol. The Kier molecular flexibility index (Phi) is 4.02.